The molecule has 0 amide bonds. The van der Waals surface area contributed by atoms with Gasteiger partial charge in [-0.25, -0.2) is 18.2 Å². The van der Waals surface area contributed by atoms with Crippen molar-refractivity contribution in [3.63, 3.8) is 0 Å². The SMILES string of the molecule is O=C(C=CS(=O)(=O)c1ccccn1)Oc1ccccc1. The molecule has 1 aromatic carbocycles. The van der Waals surface area contributed by atoms with Crippen LogP contribution in [0.4, 0.5) is 0 Å². The molecule has 0 aliphatic heterocycles. The molecule has 1 heterocycles. The quantitative estimate of drug-likeness (QED) is 0.489. The van der Waals surface area contributed by atoms with E-state index in [4.69, 9.17) is 4.74 Å². The topological polar surface area (TPSA) is 73.3 Å². The van der Waals surface area contributed by atoms with E-state index in [1.54, 1.807) is 42.5 Å². The minimum atomic E-state index is -3.74. The second-order valence-corrected chi connectivity index (χ2v) is 5.53. The van der Waals surface area contributed by atoms with Crippen LogP contribution in [-0.4, -0.2) is 19.4 Å². The van der Waals surface area contributed by atoms with Crippen LogP contribution < -0.4 is 4.74 Å². The van der Waals surface area contributed by atoms with E-state index in [0.29, 0.717) is 5.75 Å². The first-order valence-electron chi connectivity index (χ1n) is 5.69. The lowest BCUT2D eigenvalue weighted by molar-refractivity contribution is -0.128. The Bertz CT molecular complexity index is 709. The van der Waals surface area contributed by atoms with Crippen LogP contribution in [0.5, 0.6) is 5.75 Å². The van der Waals surface area contributed by atoms with E-state index in [1.165, 1.54) is 12.3 Å². The zero-order valence-corrected chi connectivity index (χ0v) is 11.2. The summed E-state index contributed by atoms with van der Waals surface area (Å²) >= 11 is 0. The predicted octanol–water partition coefficient (Wildman–Crippen LogP) is 1.97. The predicted molar refractivity (Wildman–Crippen MR) is 72.6 cm³/mol. The van der Waals surface area contributed by atoms with Gasteiger partial charge in [0.1, 0.15) is 5.75 Å². The van der Waals surface area contributed by atoms with E-state index in [9.17, 15) is 13.2 Å². The van der Waals surface area contributed by atoms with Crippen LogP contribution in [-0.2, 0) is 14.6 Å². The minimum Gasteiger partial charge on any atom is -0.423 e. The van der Waals surface area contributed by atoms with E-state index in [2.05, 4.69) is 4.98 Å². The molecule has 2 aromatic rings. The van der Waals surface area contributed by atoms with Crippen molar-refractivity contribution in [3.05, 3.63) is 66.2 Å². The molecular formula is C14H11NO4S. The lowest BCUT2D eigenvalue weighted by atomic mass is 10.3. The third-order valence-corrected chi connectivity index (χ3v) is 3.59. The Hall–Kier alpha value is -2.47. The fourth-order valence-corrected chi connectivity index (χ4v) is 2.27. The number of carbonyl (C=O) groups is 1. The van der Waals surface area contributed by atoms with Crippen molar-refractivity contribution in [2.75, 3.05) is 0 Å². The molecule has 2 rings (SSSR count). The van der Waals surface area contributed by atoms with Gasteiger partial charge in [0.2, 0.25) is 9.84 Å². The van der Waals surface area contributed by atoms with Gasteiger partial charge in [-0.15, -0.1) is 0 Å². The highest BCUT2D eigenvalue weighted by Gasteiger charge is 2.12. The van der Waals surface area contributed by atoms with Gasteiger partial charge in [0, 0.05) is 17.7 Å². The molecule has 6 heteroatoms. The van der Waals surface area contributed by atoms with Gasteiger partial charge in [-0.3, -0.25) is 0 Å². The number of hydrogen-bond donors (Lipinski definition) is 0. The zero-order chi connectivity index (χ0) is 14.4. The van der Waals surface area contributed by atoms with Crippen molar-refractivity contribution in [2.24, 2.45) is 0 Å². The standard InChI is InChI=1S/C14H11NO4S/c16-14(19-12-6-2-1-3-7-12)9-11-20(17,18)13-8-4-5-10-15-13/h1-11H. The van der Waals surface area contributed by atoms with Crippen LogP contribution in [0.15, 0.2) is 71.2 Å². The summed E-state index contributed by atoms with van der Waals surface area (Å²) in [5, 5.41) is 0.657. The number of pyridine rings is 1. The number of sulfone groups is 1. The van der Waals surface area contributed by atoms with Crippen molar-refractivity contribution in [2.45, 2.75) is 5.03 Å². The number of nitrogens with zero attached hydrogens (tertiary/aromatic N) is 1. The van der Waals surface area contributed by atoms with Gasteiger partial charge in [-0.2, -0.15) is 0 Å². The molecule has 0 saturated heterocycles. The molecule has 0 aliphatic rings. The smallest absolute Gasteiger partial charge is 0.336 e. The number of rotatable bonds is 4. The summed E-state index contributed by atoms with van der Waals surface area (Å²) < 4.78 is 28.6. The number of esters is 1. The van der Waals surface area contributed by atoms with Crippen LogP contribution >= 0.6 is 0 Å². The van der Waals surface area contributed by atoms with Crippen LogP contribution in [0.1, 0.15) is 0 Å². The maximum Gasteiger partial charge on any atom is 0.336 e. The van der Waals surface area contributed by atoms with Crippen LogP contribution in [0.25, 0.3) is 0 Å². The first kappa shape index (κ1) is 14.0. The van der Waals surface area contributed by atoms with E-state index in [1.807, 2.05) is 0 Å². The number of aromatic nitrogens is 1. The lowest BCUT2D eigenvalue weighted by Gasteiger charge is -2.00. The maximum absolute atomic E-state index is 11.8. The largest absolute Gasteiger partial charge is 0.423 e. The van der Waals surface area contributed by atoms with Crippen LogP contribution in [0.3, 0.4) is 0 Å². The van der Waals surface area contributed by atoms with Crippen molar-refractivity contribution < 1.29 is 17.9 Å². The van der Waals surface area contributed by atoms with E-state index in [0.717, 1.165) is 11.5 Å². The first-order chi connectivity index (χ1) is 9.58. The Labute approximate surface area is 116 Å². The molecule has 0 radical (unpaired) electrons. The van der Waals surface area contributed by atoms with Gasteiger partial charge in [-0.05, 0) is 24.3 Å². The van der Waals surface area contributed by atoms with Crippen molar-refractivity contribution in [1.82, 2.24) is 4.98 Å². The summed E-state index contributed by atoms with van der Waals surface area (Å²) in [7, 11) is -3.74. The van der Waals surface area contributed by atoms with E-state index >= 15 is 0 Å². The van der Waals surface area contributed by atoms with Crippen LogP contribution in [0.2, 0.25) is 0 Å². The Kier molecular flexibility index (Phi) is 4.27. The number of hydrogen-bond acceptors (Lipinski definition) is 5. The molecule has 102 valence electrons. The summed E-state index contributed by atoms with van der Waals surface area (Å²) in [5.41, 5.74) is 0. The average molecular weight is 289 g/mol. The second-order valence-electron chi connectivity index (χ2n) is 3.75. The fraction of sp³-hybridized carbons (Fsp3) is 0. The Balaban J connectivity index is 2.08. The molecule has 0 aliphatic carbocycles. The molecule has 20 heavy (non-hydrogen) atoms. The first-order valence-corrected chi connectivity index (χ1v) is 7.24. The molecule has 0 spiro atoms. The van der Waals surface area contributed by atoms with Gasteiger partial charge in [0.05, 0.1) is 0 Å². The van der Waals surface area contributed by atoms with Gasteiger partial charge in [-0.1, -0.05) is 24.3 Å². The molecule has 0 fully saturated rings. The van der Waals surface area contributed by atoms with E-state index in [-0.39, 0.29) is 5.03 Å². The monoisotopic (exact) mass is 289 g/mol. The average Bonchev–Trinajstić information content (AvgIpc) is 2.47. The highest BCUT2D eigenvalue weighted by Crippen LogP contribution is 2.10. The van der Waals surface area contributed by atoms with Gasteiger partial charge < -0.3 is 4.74 Å². The highest BCUT2D eigenvalue weighted by molar-refractivity contribution is 7.94. The summed E-state index contributed by atoms with van der Waals surface area (Å²) in [6, 6.07) is 12.9. The van der Waals surface area contributed by atoms with Crippen molar-refractivity contribution >= 4 is 15.8 Å². The van der Waals surface area contributed by atoms with Gasteiger partial charge >= 0.3 is 5.97 Å². The summed E-state index contributed by atoms with van der Waals surface area (Å²) in [6.07, 6.45) is 2.22. The summed E-state index contributed by atoms with van der Waals surface area (Å²) in [6.45, 7) is 0. The molecule has 0 unspecified atom stereocenters. The molecule has 0 saturated carbocycles. The molecule has 1 aromatic heterocycles. The lowest BCUT2D eigenvalue weighted by Crippen LogP contribution is -2.06. The summed E-state index contributed by atoms with van der Waals surface area (Å²) in [4.78, 5) is 15.2. The Morgan fingerprint density at radius 2 is 1.75 bits per heavy atom. The van der Waals surface area contributed by atoms with Crippen LogP contribution in [0, 0.1) is 0 Å². The second kappa shape index (κ2) is 6.12. The number of benzene rings is 1. The van der Waals surface area contributed by atoms with Gasteiger partial charge in [0.25, 0.3) is 0 Å². The zero-order valence-electron chi connectivity index (χ0n) is 10.3. The van der Waals surface area contributed by atoms with Crippen molar-refractivity contribution in [3.8, 4) is 5.75 Å². The number of ether oxygens (including phenoxy) is 1. The number of carbonyl (C=O) groups excluding carboxylic acids is 1. The molecule has 0 N–H and O–H groups in total. The third-order valence-electron chi connectivity index (χ3n) is 2.27. The third kappa shape index (κ3) is 3.76. The highest BCUT2D eigenvalue weighted by atomic mass is 32.2. The van der Waals surface area contributed by atoms with E-state index < -0.39 is 15.8 Å². The fourth-order valence-electron chi connectivity index (χ4n) is 1.37. The Morgan fingerprint density at radius 3 is 2.40 bits per heavy atom. The maximum atomic E-state index is 11.8. The normalized spacial score (nSPS) is 11.4. The van der Waals surface area contributed by atoms with Gasteiger partial charge in [0.15, 0.2) is 5.03 Å². The van der Waals surface area contributed by atoms with Crippen molar-refractivity contribution in [1.29, 1.82) is 0 Å². The summed E-state index contributed by atoms with van der Waals surface area (Å²) in [5.74, 6) is -0.423. The Morgan fingerprint density at radius 1 is 1.05 bits per heavy atom. The molecule has 0 bridgehead atoms. The molecular weight excluding hydrogens is 278 g/mol. The molecule has 0 atom stereocenters. The molecule has 5 nitrogen and oxygen atoms in total. The minimum absolute atomic E-state index is 0.122. The number of para-hydroxylation sites is 1.